The van der Waals surface area contributed by atoms with Crippen molar-refractivity contribution in [2.24, 2.45) is 0 Å². The van der Waals surface area contributed by atoms with E-state index in [2.05, 4.69) is 11.9 Å². The van der Waals surface area contributed by atoms with E-state index in [1.54, 1.807) is 4.40 Å². The molecule has 2 rings (SSSR count). The number of carboxylic acids is 1. The molecule has 0 unspecified atom stereocenters. The average molecular weight is 232 g/mol. The summed E-state index contributed by atoms with van der Waals surface area (Å²) >= 11 is 0. The summed E-state index contributed by atoms with van der Waals surface area (Å²) in [5.41, 5.74) is 2.61. The predicted molar refractivity (Wildman–Crippen MR) is 65.5 cm³/mol. The van der Waals surface area contributed by atoms with Gasteiger partial charge >= 0.3 is 5.97 Å². The molecule has 0 saturated carbocycles. The first kappa shape index (κ1) is 11.6. The van der Waals surface area contributed by atoms with Gasteiger partial charge in [0, 0.05) is 5.69 Å². The van der Waals surface area contributed by atoms with Gasteiger partial charge in [-0.2, -0.15) is 0 Å². The molecule has 1 N–H and O–H groups in total. The van der Waals surface area contributed by atoms with Gasteiger partial charge in [-0.3, -0.25) is 4.40 Å². The number of imidazole rings is 1. The monoisotopic (exact) mass is 232 g/mol. The first-order valence-corrected chi connectivity index (χ1v) is 5.85. The molecule has 2 aromatic rings. The Kier molecular flexibility index (Phi) is 3.13. The molecule has 17 heavy (non-hydrogen) atoms. The minimum absolute atomic E-state index is 0.312. The molecule has 0 aliphatic heterocycles. The van der Waals surface area contributed by atoms with Crippen molar-refractivity contribution in [3.63, 3.8) is 0 Å². The van der Waals surface area contributed by atoms with Crippen LogP contribution in [0.2, 0.25) is 0 Å². The van der Waals surface area contributed by atoms with E-state index >= 15 is 0 Å². The van der Waals surface area contributed by atoms with E-state index in [1.165, 1.54) is 0 Å². The lowest BCUT2D eigenvalue weighted by Gasteiger charge is -2.02. The molecule has 0 aromatic carbocycles. The van der Waals surface area contributed by atoms with Crippen LogP contribution in [0.15, 0.2) is 18.2 Å². The zero-order valence-corrected chi connectivity index (χ0v) is 10.1. The molecule has 0 spiro atoms. The summed E-state index contributed by atoms with van der Waals surface area (Å²) in [6.45, 7) is 3.98. The number of hydrogen-bond acceptors (Lipinski definition) is 2. The molecule has 2 aromatic heterocycles. The number of carbonyl (C=O) groups is 1. The van der Waals surface area contributed by atoms with E-state index < -0.39 is 5.97 Å². The van der Waals surface area contributed by atoms with Gasteiger partial charge in [0.05, 0.1) is 5.69 Å². The van der Waals surface area contributed by atoms with Crippen molar-refractivity contribution in [3.05, 3.63) is 35.3 Å². The lowest BCUT2D eigenvalue weighted by atomic mass is 10.1. The second-order valence-electron chi connectivity index (χ2n) is 4.18. The Bertz CT molecular complexity index is 558. The highest BCUT2D eigenvalue weighted by atomic mass is 16.4. The fraction of sp³-hybridized carbons (Fsp3) is 0.385. The molecule has 4 nitrogen and oxygen atoms in total. The van der Waals surface area contributed by atoms with Crippen LogP contribution in [0.25, 0.3) is 5.65 Å². The Morgan fingerprint density at radius 3 is 2.88 bits per heavy atom. The Morgan fingerprint density at radius 1 is 1.47 bits per heavy atom. The molecular formula is C13H16N2O2. The average Bonchev–Trinajstić information content (AvgIpc) is 2.66. The maximum absolute atomic E-state index is 11.4. The number of rotatable bonds is 4. The number of pyridine rings is 1. The third-order valence-corrected chi connectivity index (χ3v) is 2.88. The van der Waals surface area contributed by atoms with Crippen molar-refractivity contribution in [3.8, 4) is 0 Å². The molecule has 0 atom stereocenters. The molecule has 2 heterocycles. The maximum atomic E-state index is 11.4. The fourth-order valence-electron chi connectivity index (χ4n) is 2.04. The van der Waals surface area contributed by atoms with Crippen LogP contribution < -0.4 is 0 Å². The molecular weight excluding hydrogens is 216 g/mol. The van der Waals surface area contributed by atoms with Crippen LogP contribution in [0.4, 0.5) is 0 Å². The highest BCUT2D eigenvalue weighted by molar-refractivity contribution is 5.88. The van der Waals surface area contributed by atoms with Crippen molar-refractivity contribution in [1.82, 2.24) is 9.38 Å². The summed E-state index contributed by atoms with van der Waals surface area (Å²) in [5.74, 6) is -0.905. The molecule has 0 fully saturated rings. The van der Waals surface area contributed by atoms with E-state index in [9.17, 15) is 9.90 Å². The fourth-order valence-corrected chi connectivity index (χ4v) is 2.04. The predicted octanol–water partition coefficient (Wildman–Crippen LogP) is 2.68. The standard InChI is InChI=1S/C13H16N2O2/c1-3-4-7-10-12(13(16)17)15-9(2)6-5-8-11(15)14-10/h5-6,8H,3-4,7H2,1-2H3,(H,16,17). The molecule has 0 bridgehead atoms. The van der Waals surface area contributed by atoms with E-state index in [0.29, 0.717) is 17.0 Å². The summed E-state index contributed by atoms with van der Waals surface area (Å²) < 4.78 is 1.72. The van der Waals surface area contributed by atoms with Crippen molar-refractivity contribution in [1.29, 1.82) is 0 Å². The second kappa shape index (κ2) is 4.57. The zero-order valence-electron chi connectivity index (χ0n) is 10.1. The summed E-state index contributed by atoms with van der Waals surface area (Å²) in [4.78, 5) is 15.8. The van der Waals surface area contributed by atoms with Crippen LogP contribution in [0.1, 0.15) is 41.6 Å². The van der Waals surface area contributed by atoms with Gasteiger partial charge in [0.15, 0.2) is 5.69 Å². The van der Waals surface area contributed by atoms with E-state index in [1.807, 2.05) is 25.1 Å². The molecule has 0 aliphatic rings. The van der Waals surface area contributed by atoms with Gasteiger partial charge in [0.25, 0.3) is 0 Å². The first-order valence-electron chi connectivity index (χ1n) is 5.85. The van der Waals surface area contributed by atoms with Gasteiger partial charge in [-0.15, -0.1) is 0 Å². The van der Waals surface area contributed by atoms with Crippen LogP contribution in [0.5, 0.6) is 0 Å². The smallest absolute Gasteiger partial charge is 0.354 e. The van der Waals surface area contributed by atoms with Crippen LogP contribution >= 0.6 is 0 Å². The number of hydrogen-bond donors (Lipinski definition) is 1. The first-order chi connectivity index (χ1) is 8.15. The second-order valence-corrected chi connectivity index (χ2v) is 4.18. The Hall–Kier alpha value is -1.84. The van der Waals surface area contributed by atoms with Crippen molar-refractivity contribution >= 4 is 11.6 Å². The highest BCUT2D eigenvalue weighted by Crippen LogP contribution is 2.17. The number of aromatic nitrogens is 2. The van der Waals surface area contributed by atoms with Gasteiger partial charge in [-0.1, -0.05) is 19.4 Å². The summed E-state index contributed by atoms with van der Waals surface area (Å²) in [6.07, 6.45) is 2.72. The molecule has 0 aliphatic carbocycles. The van der Waals surface area contributed by atoms with Crippen LogP contribution in [-0.2, 0) is 6.42 Å². The maximum Gasteiger partial charge on any atom is 0.354 e. The minimum Gasteiger partial charge on any atom is -0.477 e. The van der Waals surface area contributed by atoms with Gasteiger partial charge in [0.1, 0.15) is 5.65 Å². The van der Waals surface area contributed by atoms with Gasteiger partial charge in [0.2, 0.25) is 0 Å². The van der Waals surface area contributed by atoms with Crippen LogP contribution in [0.3, 0.4) is 0 Å². The van der Waals surface area contributed by atoms with E-state index in [0.717, 1.165) is 25.0 Å². The third kappa shape index (κ3) is 2.02. The summed E-state index contributed by atoms with van der Waals surface area (Å²) in [5, 5.41) is 9.32. The van der Waals surface area contributed by atoms with E-state index in [4.69, 9.17) is 0 Å². The number of nitrogens with zero attached hydrogens (tertiary/aromatic N) is 2. The SMILES string of the molecule is CCCCc1nc2cccc(C)n2c1C(=O)O. The molecule has 0 amide bonds. The van der Waals surface area contributed by atoms with Crippen molar-refractivity contribution in [2.75, 3.05) is 0 Å². The Labute approximate surface area is 99.9 Å². The number of fused-ring (bicyclic) bond motifs is 1. The lowest BCUT2D eigenvalue weighted by molar-refractivity contribution is 0.0687. The number of carboxylic acid groups (broad SMARTS) is 1. The highest BCUT2D eigenvalue weighted by Gasteiger charge is 2.18. The topological polar surface area (TPSA) is 54.6 Å². The van der Waals surface area contributed by atoms with Crippen LogP contribution in [0, 0.1) is 6.92 Å². The number of aryl methyl sites for hydroxylation is 2. The number of unbranched alkanes of at least 4 members (excludes halogenated alkanes) is 1. The third-order valence-electron chi connectivity index (χ3n) is 2.88. The lowest BCUT2D eigenvalue weighted by Crippen LogP contribution is -2.07. The largest absolute Gasteiger partial charge is 0.477 e. The molecule has 90 valence electrons. The van der Waals surface area contributed by atoms with Gasteiger partial charge in [-0.25, -0.2) is 9.78 Å². The Balaban J connectivity index is 2.63. The van der Waals surface area contributed by atoms with Crippen molar-refractivity contribution in [2.45, 2.75) is 33.1 Å². The quantitative estimate of drug-likeness (QED) is 0.881. The number of aromatic carboxylic acids is 1. The molecule has 0 radical (unpaired) electrons. The summed E-state index contributed by atoms with van der Waals surface area (Å²) in [7, 11) is 0. The molecule has 4 heteroatoms. The zero-order chi connectivity index (χ0) is 12.4. The van der Waals surface area contributed by atoms with Gasteiger partial charge < -0.3 is 5.11 Å². The minimum atomic E-state index is -0.905. The van der Waals surface area contributed by atoms with Crippen LogP contribution in [-0.4, -0.2) is 20.5 Å². The van der Waals surface area contributed by atoms with Gasteiger partial charge in [-0.05, 0) is 31.9 Å². The normalized spacial score (nSPS) is 10.9. The van der Waals surface area contributed by atoms with E-state index in [-0.39, 0.29) is 0 Å². The van der Waals surface area contributed by atoms with Crippen molar-refractivity contribution < 1.29 is 9.90 Å². The summed E-state index contributed by atoms with van der Waals surface area (Å²) in [6, 6.07) is 5.63. The molecule has 0 saturated heterocycles. The Morgan fingerprint density at radius 2 is 2.24 bits per heavy atom.